The number of aromatic nitrogens is 3. The average molecular weight is 397 g/mol. The van der Waals surface area contributed by atoms with Crippen molar-refractivity contribution in [2.24, 2.45) is 0 Å². The van der Waals surface area contributed by atoms with Gasteiger partial charge in [-0.05, 0) is 48.9 Å². The molecule has 0 unspecified atom stereocenters. The third-order valence-electron chi connectivity index (χ3n) is 4.62. The first-order chi connectivity index (χ1) is 13.9. The summed E-state index contributed by atoms with van der Waals surface area (Å²) < 4.78 is 0. The van der Waals surface area contributed by atoms with Crippen molar-refractivity contribution in [3.8, 4) is 0 Å². The van der Waals surface area contributed by atoms with Crippen LogP contribution >= 0.6 is 0 Å². The first kappa shape index (κ1) is 20.1. The van der Waals surface area contributed by atoms with Crippen molar-refractivity contribution in [1.29, 1.82) is 0 Å². The number of nitrogens with one attached hydrogen (secondary N) is 3. The van der Waals surface area contributed by atoms with Crippen LogP contribution in [0.3, 0.4) is 0 Å². The SMILES string of the molecule is Nc1nc2[nH]cc(CCCc3ccc(C(=O)NCCCC(=O)O)cc3)c2c(=O)[nH]1. The van der Waals surface area contributed by atoms with E-state index in [1.54, 1.807) is 18.3 Å². The zero-order chi connectivity index (χ0) is 20.8. The molecule has 2 heterocycles. The van der Waals surface area contributed by atoms with E-state index in [9.17, 15) is 14.4 Å². The van der Waals surface area contributed by atoms with Gasteiger partial charge < -0.3 is 21.1 Å². The molecular weight excluding hydrogens is 374 g/mol. The Kier molecular flexibility index (Phi) is 6.28. The summed E-state index contributed by atoms with van der Waals surface area (Å²) in [6.07, 6.45) is 4.55. The van der Waals surface area contributed by atoms with Crippen molar-refractivity contribution in [1.82, 2.24) is 20.3 Å². The molecule has 0 fully saturated rings. The van der Waals surface area contributed by atoms with Gasteiger partial charge in [-0.1, -0.05) is 12.1 Å². The van der Waals surface area contributed by atoms with E-state index in [1.165, 1.54) is 0 Å². The van der Waals surface area contributed by atoms with Crippen LogP contribution in [0.15, 0.2) is 35.3 Å². The second kappa shape index (κ2) is 9.05. The lowest BCUT2D eigenvalue weighted by Crippen LogP contribution is -2.24. The number of anilines is 1. The van der Waals surface area contributed by atoms with Gasteiger partial charge >= 0.3 is 5.97 Å². The molecule has 0 saturated carbocycles. The number of carboxylic acids is 1. The van der Waals surface area contributed by atoms with Gasteiger partial charge in [0.25, 0.3) is 11.5 Å². The standard InChI is InChI=1S/C20H23N5O4/c21-20-24-17-16(19(29)25-20)14(11-23-17)4-1-3-12-6-8-13(9-7-12)18(28)22-10-2-5-15(26)27/h6-9,11H,1-5,10H2,(H,22,28)(H,26,27)(H4,21,23,24,25,29). The van der Waals surface area contributed by atoms with Gasteiger partial charge in [0.05, 0.1) is 5.39 Å². The average Bonchev–Trinajstić information content (AvgIpc) is 3.08. The quantitative estimate of drug-likeness (QED) is 0.346. The number of rotatable bonds is 9. The van der Waals surface area contributed by atoms with E-state index in [-0.39, 0.29) is 23.8 Å². The first-order valence-electron chi connectivity index (χ1n) is 9.38. The minimum atomic E-state index is -0.874. The molecule has 1 amide bonds. The van der Waals surface area contributed by atoms with Crippen molar-refractivity contribution >= 4 is 28.9 Å². The molecule has 3 rings (SSSR count). The van der Waals surface area contributed by atoms with Gasteiger partial charge in [-0.3, -0.25) is 19.4 Å². The number of benzene rings is 1. The van der Waals surface area contributed by atoms with Crippen LogP contribution in [0.2, 0.25) is 0 Å². The molecule has 0 bridgehead atoms. The summed E-state index contributed by atoms with van der Waals surface area (Å²) in [5, 5.41) is 11.8. The minimum absolute atomic E-state index is 0.0327. The summed E-state index contributed by atoms with van der Waals surface area (Å²) >= 11 is 0. The van der Waals surface area contributed by atoms with Crippen LogP contribution in [-0.4, -0.2) is 38.5 Å². The topological polar surface area (TPSA) is 154 Å². The highest BCUT2D eigenvalue weighted by Gasteiger charge is 2.10. The first-order valence-corrected chi connectivity index (χ1v) is 9.38. The fraction of sp³-hybridized carbons (Fsp3) is 0.300. The maximum absolute atomic E-state index is 12.1. The number of carbonyl (C=O) groups excluding carboxylic acids is 1. The zero-order valence-corrected chi connectivity index (χ0v) is 15.8. The summed E-state index contributed by atoms with van der Waals surface area (Å²) in [6.45, 7) is 0.330. The second-order valence-electron chi connectivity index (χ2n) is 6.79. The van der Waals surface area contributed by atoms with Crippen LogP contribution in [0.25, 0.3) is 11.0 Å². The molecule has 3 aromatic rings. The van der Waals surface area contributed by atoms with Gasteiger partial charge in [0.1, 0.15) is 5.65 Å². The molecule has 9 nitrogen and oxygen atoms in total. The molecule has 0 radical (unpaired) electrons. The molecule has 0 saturated heterocycles. The lowest BCUT2D eigenvalue weighted by molar-refractivity contribution is -0.137. The summed E-state index contributed by atoms with van der Waals surface area (Å²) in [6, 6.07) is 7.31. The molecule has 9 heteroatoms. The van der Waals surface area contributed by atoms with Gasteiger partial charge in [-0.15, -0.1) is 0 Å². The van der Waals surface area contributed by atoms with Gasteiger partial charge in [-0.2, -0.15) is 4.98 Å². The highest BCUT2D eigenvalue weighted by atomic mass is 16.4. The van der Waals surface area contributed by atoms with Gasteiger partial charge in [0.15, 0.2) is 0 Å². The summed E-state index contributed by atoms with van der Waals surface area (Å²) in [5.41, 5.74) is 8.31. The van der Waals surface area contributed by atoms with Crippen LogP contribution in [-0.2, 0) is 17.6 Å². The Labute approximate surface area is 166 Å². The number of aliphatic carboxylic acids is 1. The molecule has 0 aliphatic rings. The van der Waals surface area contributed by atoms with Gasteiger partial charge in [0, 0.05) is 24.7 Å². The predicted molar refractivity (Wildman–Crippen MR) is 109 cm³/mol. The second-order valence-corrected chi connectivity index (χ2v) is 6.79. The predicted octanol–water partition coefficient (Wildman–Crippen LogP) is 1.60. The fourth-order valence-electron chi connectivity index (χ4n) is 3.17. The largest absolute Gasteiger partial charge is 0.481 e. The normalized spacial score (nSPS) is 10.9. The van der Waals surface area contributed by atoms with Crippen molar-refractivity contribution < 1.29 is 14.7 Å². The van der Waals surface area contributed by atoms with E-state index in [0.717, 1.165) is 24.0 Å². The maximum Gasteiger partial charge on any atom is 0.303 e. The Morgan fingerprint density at radius 1 is 1.14 bits per heavy atom. The number of aromatic amines is 2. The van der Waals surface area contributed by atoms with E-state index in [1.807, 2.05) is 12.1 Å². The molecule has 152 valence electrons. The van der Waals surface area contributed by atoms with Crippen molar-refractivity contribution in [3.05, 3.63) is 57.5 Å². The van der Waals surface area contributed by atoms with Crippen LogP contribution in [0.1, 0.15) is 40.7 Å². The third kappa shape index (κ3) is 5.22. The van der Waals surface area contributed by atoms with Crippen molar-refractivity contribution in [2.45, 2.75) is 32.1 Å². The van der Waals surface area contributed by atoms with Gasteiger partial charge in [-0.25, -0.2) is 0 Å². The highest BCUT2D eigenvalue weighted by molar-refractivity contribution is 5.94. The molecule has 0 aliphatic carbocycles. The molecule has 2 aromatic heterocycles. The van der Waals surface area contributed by atoms with Gasteiger partial charge in [0.2, 0.25) is 5.95 Å². The fourth-order valence-corrected chi connectivity index (χ4v) is 3.17. The van der Waals surface area contributed by atoms with Crippen LogP contribution < -0.4 is 16.6 Å². The van der Waals surface area contributed by atoms with Crippen LogP contribution in [0, 0.1) is 0 Å². The van der Waals surface area contributed by atoms with Crippen molar-refractivity contribution in [3.63, 3.8) is 0 Å². The monoisotopic (exact) mass is 397 g/mol. The smallest absolute Gasteiger partial charge is 0.303 e. The molecular formula is C20H23N5O4. The molecule has 0 aliphatic heterocycles. The number of carboxylic acid groups (broad SMARTS) is 1. The van der Waals surface area contributed by atoms with E-state index < -0.39 is 5.97 Å². The van der Waals surface area contributed by atoms with E-state index in [0.29, 0.717) is 36.0 Å². The molecule has 29 heavy (non-hydrogen) atoms. The molecule has 1 aromatic carbocycles. The lowest BCUT2D eigenvalue weighted by atomic mass is 10.0. The molecule has 0 spiro atoms. The van der Waals surface area contributed by atoms with E-state index in [2.05, 4.69) is 20.3 Å². The number of H-pyrrole nitrogens is 2. The molecule has 0 atom stereocenters. The minimum Gasteiger partial charge on any atom is -0.481 e. The Bertz CT molecular complexity index is 1070. The number of nitrogen functional groups attached to an aromatic ring is 1. The van der Waals surface area contributed by atoms with E-state index >= 15 is 0 Å². The number of nitrogens with two attached hydrogens (primary N) is 1. The summed E-state index contributed by atoms with van der Waals surface area (Å²) in [4.78, 5) is 44.2. The number of nitrogens with zero attached hydrogens (tertiary/aromatic N) is 1. The Morgan fingerprint density at radius 3 is 2.62 bits per heavy atom. The number of fused-ring (bicyclic) bond motifs is 1. The van der Waals surface area contributed by atoms with Crippen molar-refractivity contribution in [2.75, 3.05) is 12.3 Å². The number of amides is 1. The third-order valence-corrected chi connectivity index (χ3v) is 4.62. The summed E-state index contributed by atoms with van der Waals surface area (Å²) in [7, 11) is 0. The molecule has 6 N–H and O–H groups in total. The van der Waals surface area contributed by atoms with Crippen LogP contribution in [0.5, 0.6) is 0 Å². The summed E-state index contributed by atoms with van der Waals surface area (Å²) in [5.74, 6) is -1.00. The number of hydrogen-bond acceptors (Lipinski definition) is 5. The highest BCUT2D eigenvalue weighted by Crippen LogP contribution is 2.16. The number of aryl methyl sites for hydroxylation is 2. The van der Waals surface area contributed by atoms with E-state index in [4.69, 9.17) is 10.8 Å². The Morgan fingerprint density at radius 2 is 1.90 bits per heavy atom. The maximum atomic E-state index is 12.1. The number of hydrogen-bond donors (Lipinski definition) is 5. The Hall–Kier alpha value is -3.62. The Balaban J connectivity index is 1.51. The van der Waals surface area contributed by atoms with Crippen LogP contribution in [0.4, 0.5) is 5.95 Å². The zero-order valence-electron chi connectivity index (χ0n) is 15.8. The lowest BCUT2D eigenvalue weighted by Gasteiger charge is -2.06. The number of carbonyl (C=O) groups is 2.